The second-order valence-electron chi connectivity index (χ2n) is 9.23. The Labute approximate surface area is 198 Å². The first-order valence-corrected chi connectivity index (χ1v) is 11.0. The number of nitrogens with zero attached hydrogens (tertiary/aromatic N) is 1. The van der Waals surface area contributed by atoms with E-state index < -0.39 is 11.8 Å². The molecule has 0 spiro atoms. The number of hydrogen-bond acceptors (Lipinski definition) is 4. The van der Waals surface area contributed by atoms with E-state index in [4.69, 9.17) is 4.74 Å². The zero-order valence-corrected chi connectivity index (χ0v) is 19.7. The molecule has 2 amide bonds. The van der Waals surface area contributed by atoms with Crippen LogP contribution in [-0.2, 0) is 21.5 Å². The van der Waals surface area contributed by atoms with Crippen LogP contribution >= 0.6 is 0 Å². The molecule has 0 aromatic heterocycles. The summed E-state index contributed by atoms with van der Waals surface area (Å²) in [5, 5.41) is 3.18. The molecule has 6 heteroatoms. The molecule has 0 unspecified atom stereocenters. The lowest BCUT2D eigenvalue weighted by atomic mass is 9.87. The van der Waals surface area contributed by atoms with Crippen LogP contribution in [0.25, 0.3) is 5.57 Å². The number of benzene rings is 3. The average molecular weight is 459 g/mol. The summed E-state index contributed by atoms with van der Waals surface area (Å²) in [6.45, 7) is 6.42. The van der Waals surface area contributed by atoms with Crippen LogP contribution in [0.2, 0.25) is 0 Å². The van der Waals surface area contributed by atoms with E-state index in [-0.39, 0.29) is 29.0 Å². The van der Waals surface area contributed by atoms with Gasteiger partial charge in [0.2, 0.25) is 0 Å². The first kappa shape index (κ1) is 23.2. The Hall–Kier alpha value is -3.93. The van der Waals surface area contributed by atoms with Gasteiger partial charge in [-0.25, -0.2) is 4.39 Å². The second-order valence-corrected chi connectivity index (χ2v) is 9.23. The standard InChI is InChI=1S/C28H27FN2O3/c1-28(2,3)19-11-15-21(16-12-19)30-25-24(22-7-5-6-8-23(22)34-4)26(32)31(27(25)33)17-18-9-13-20(29)14-10-18/h5-16,30H,17H2,1-4H3. The molecule has 3 aromatic rings. The number of imide groups is 1. The largest absolute Gasteiger partial charge is 0.496 e. The Kier molecular flexibility index (Phi) is 6.24. The summed E-state index contributed by atoms with van der Waals surface area (Å²) in [4.78, 5) is 28.2. The summed E-state index contributed by atoms with van der Waals surface area (Å²) in [6.07, 6.45) is 0. The van der Waals surface area contributed by atoms with E-state index in [0.29, 0.717) is 22.6 Å². The van der Waals surface area contributed by atoms with E-state index >= 15 is 0 Å². The summed E-state index contributed by atoms with van der Waals surface area (Å²) in [5.74, 6) is -0.774. The van der Waals surface area contributed by atoms with Crippen molar-refractivity contribution in [3.05, 3.63) is 101 Å². The fourth-order valence-corrected chi connectivity index (χ4v) is 3.91. The number of para-hydroxylation sites is 1. The number of nitrogens with one attached hydrogen (secondary N) is 1. The molecule has 0 atom stereocenters. The van der Waals surface area contributed by atoms with Crippen molar-refractivity contribution in [3.63, 3.8) is 0 Å². The van der Waals surface area contributed by atoms with Crippen molar-refractivity contribution in [3.8, 4) is 5.75 Å². The van der Waals surface area contributed by atoms with Crippen molar-refractivity contribution < 1.29 is 18.7 Å². The van der Waals surface area contributed by atoms with Crippen LogP contribution in [0, 0.1) is 5.82 Å². The van der Waals surface area contributed by atoms with Crippen molar-refractivity contribution in [2.75, 3.05) is 12.4 Å². The molecule has 0 fully saturated rings. The van der Waals surface area contributed by atoms with E-state index in [0.717, 1.165) is 5.56 Å². The predicted octanol–water partition coefficient (Wildman–Crippen LogP) is 5.52. The van der Waals surface area contributed by atoms with Crippen molar-refractivity contribution in [1.29, 1.82) is 0 Å². The van der Waals surface area contributed by atoms with Crippen molar-refractivity contribution in [2.45, 2.75) is 32.7 Å². The molecule has 34 heavy (non-hydrogen) atoms. The molecule has 0 aliphatic carbocycles. The SMILES string of the molecule is COc1ccccc1C1=C(Nc2ccc(C(C)(C)C)cc2)C(=O)N(Cc2ccc(F)cc2)C1=O. The molecule has 3 aromatic carbocycles. The van der Waals surface area contributed by atoms with Gasteiger partial charge in [0.1, 0.15) is 17.3 Å². The maximum atomic E-state index is 13.5. The number of amides is 2. The highest BCUT2D eigenvalue weighted by Crippen LogP contribution is 2.36. The maximum absolute atomic E-state index is 13.5. The Balaban J connectivity index is 1.74. The zero-order valence-electron chi connectivity index (χ0n) is 19.7. The molecule has 1 heterocycles. The van der Waals surface area contributed by atoms with Crippen LogP contribution in [0.5, 0.6) is 5.75 Å². The highest BCUT2D eigenvalue weighted by Gasteiger charge is 2.40. The van der Waals surface area contributed by atoms with Gasteiger partial charge in [0, 0.05) is 11.3 Å². The number of hydrogen-bond donors (Lipinski definition) is 1. The fraction of sp³-hybridized carbons (Fsp3) is 0.214. The maximum Gasteiger partial charge on any atom is 0.278 e. The summed E-state index contributed by atoms with van der Waals surface area (Å²) in [5.41, 5.74) is 3.44. The minimum atomic E-state index is -0.449. The van der Waals surface area contributed by atoms with E-state index in [1.54, 1.807) is 36.4 Å². The highest BCUT2D eigenvalue weighted by molar-refractivity contribution is 6.36. The summed E-state index contributed by atoms with van der Waals surface area (Å²) in [7, 11) is 1.52. The summed E-state index contributed by atoms with van der Waals surface area (Å²) in [6, 6.07) is 20.7. The molecular formula is C28H27FN2O3. The van der Waals surface area contributed by atoms with Crippen LogP contribution in [0.15, 0.2) is 78.5 Å². The number of carbonyl (C=O) groups excluding carboxylic acids is 2. The van der Waals surface area contributed by atoms with Crippen molar-refractivity contribution in [2.24, 2.45) is 0 Å². The molecule has 5 nitrogen and oxygen atoms in total. The molecular weight excluding hydrogens is 431 g/mol. The molecule has 4 rings (SSSR count). The number of ether oxygens (including phenoxy) is 1. The van der Waals surface area contributed by atoms with E-state index in [9.17, 15) is 14.0 Å². The quantitative estimate of drug-likeness (QED) is 0.494. The van der Waals surface area contributed by atoms with Crippen LogP contribution < -0.4 is 10.1 Å². The van der Waals surface area contributed by atoms with Crippen LogP contribution in [0.1, 0.15) is 37.5 Å². The Morgan fingerprint density at radius 3 is 2.15 bits per heavy atom. The van der Waals surface area contributed by atoms with Gasteiger partial charge in [0.25, 0.3) is 11.8 Å². The van der Waals surface area contributed by atoms with Gasteiger partial charge >= 0.3 is 0 Å². The normalized spacial score (nSPS) is 14.1. The van der Waals surface area contributed by atoms with Gasteiger partial charge < -0.3 is 10.1 Å². The van der Waals surface area contributed by atoms with Gasteiger partial charge in [-0.1, -0.05) is 63.2 Å². The zero-order chi connectivity index (χ0) is 24.5. The van der Waals surface area contributed by atoms with E-state index in [2.05, 4.69) is 26.1 Å². The first-order valence-electron chi connectivity index (χ1n) is 11.0. The second kappa shape index (κ2) is 9.14. The number of carbonyl (C=O) groups is 2. The molecule has 0 saturated heterocycles. The van der Waals surface area contributed by atoms with E-state index in [1.165, 1.54) is 24.1 Å². The summed E-state index contributed by atoms with van der Waals surface area (Å²) < 4.78 is 18.8. The van der Waals surface area contributed by atoms with Crippen LogP contribution in [0.3, 0.4) is 0 Å². The van der Waals surface area contributed by atoms with Gasteiger partial charge in [-0.2, -0.15) is 0 Å². The highest BCUT2D eigenvalue weighted by atomic mass is 19.1. The van der Waals surface area contributed by atoms with Gasteiger partial charge in [-0.3, -0.25) is 14.5 Å². The van der Waals surface area contributed by atoms with Gasteiger partial charge in [-0.15, -0.1) is 0 Å². The smallest absolute Gasteiger partial charge is 0.278 e. The Morgan fingerprint density at radius 1 is 0.882 bits per heavy atom. The van der Waals surface area contributed by atoms with Crippen molar-refractivity contribution in [1.82, 2.24) is 4.90 Å². The molecule has 0 bridgehead atoms. The molecule has 174 valence electrons. The van der Waals surface area contributed by atoms with Crippen molar-refractivity contribution >= 4 is 23.1 Å². The predicted molar refractivity (Wildman–Crippen MR) is 131 cm³/mol. The van der Waals surface area contributed by atoms with E-state index in [1.807, 2.05) is 24.3 Å². The summed E-state index contributed by atoms with van der Waals surface area (Å²) >= 11 is 0. The minimum Gasteiger partial charge on any atom is -0.496 e. The third-order valence-corrected chi connectivity index (χ3v) is 5.82. The van der Waals surface area contributed by atoms with Gasteiger partial charge in [0.15, 0.2) is 0 Å². The number of halogens is 1. The lowest BCUT2D eigenvalue weighted by Gasteiger charge is -2.19. The monoisotopic (exact) mass is 458 g/mol. The molecule has 1 N–H and O–H groups in total. The number of rotatable bonds is 6. The average Bonchev–Trinajstić information content (AvgIpc) is 3.04. The lowest BCUT2D eigenvalue weighted by molar-refractivity contribution is -0.137. The van der Waals surface area contributed by atoms with Crippen LogP contribution in [-0.4, -0.2) is 23.8 Å². The van der Waals surface area contributed by atoms with Crippen LogP contribution in [0.4, 0.5) is 10.1 Å². The number of methoxy groups -OCH3 is 1. The molecule has 1 aliphatic rings. The van der Waals surface area contributed by atoms with Gasteiger partial charge in [0.05, 0.1) is 19.2 Å². The van der Waals surface area contributed by atoms with Gasteiger partial charge in [-0.05, 0) is 46.9 Å². The lowest BCUT2D eigenvalue weighted by Crippen LogP contribution is -2.32. The molecule has 1 aliphatic heterocycles. The third kappa shape index (κ3) is 4.57. The topological polar surface area (TPSA) is 58.6 Å². The minimum absolute atomic E-state index is 0.00847. The molecule has 0 saturated carbocycles. The Morgan fingerprint density at radius 2 is 1.53 bits per heavy atom. The fourth-order valence-electron chi connectivity index (χ4n) is 3.91. The first-order chi connectivity index (χ1) is 16.2. The third-order valence-electron chi connectivity index (χ3n) is 5.82. The number of anilines is 1. The molecule has 0 radical (unpaired) electrons. The Bertz CT molecular complexity index is 1260.